The average Bonchev–Trinajstić information content (AvgIpc) is 3.22. The Morgan fingerprint density at radius 2 is 2.00 bits per heavy atom. The third-order valence-electron chi connectivity index (χ3n) is 5.45. The number of hydrogen-bond donors (Lipinski definition) is 1. The fourth-order valence-corrected chi connectivity index (χ4v) is 4.04. The highest BCUT2D eigenvalue weighted by molar-refractivity contribution is 5.88. The number of nitrogens with one attached hydrogen (secondary N) is 1. The second-order valence-electron chi connectivity index (χ2n) is 7.79. The van der Waals surface area contributed by atoms with Crippen molar-refractivity contribution in [3.63, 3.8) is 0 Å². The van der Waals surface area contributed by atoms with Crippen LogP contribution >= 0.6 is 0 Å². The molecule has 6 heteroatoms. The van der Waals surface area contributed by atoms with Crippen LogP contribution < -0.4 is 10.1 Å². The molecule has 2 saturated heterocycles. The predicted molar refractivity (Wildman–Crippen MR) is 103 cm³/mol. The highest BCUT2D eigenvalue weighted by Gasteiger charge is 2.50. The number of likely N-dealkylation sites (tertiary alicyclic amines) is 1. The van der Waals surface area contributed by atoms with Crippen LogP contribution in [0.2, 0.25) is 0 Å². The molecule has 1 aromatic carbocycles. The topological polar surface area (TPSA) is 67.3 Å². The van der Waals surface area contributed by atoms with Crippen molar-refractivity contribution < 1.29 is 9.53 Å². The molecular weight excluding hydrogens is 340 g/mol. The van der Waals surface area contributed by atoms with Crippen LogP contribution in [0.25, 0.3) is 11.3 Å². The maximum absolute atomic E-state index is 12.5. The monoisotopic (exact) mass is 366 g/mol. The first-order valence-corrected chi connectivity index (χ1v) is 9.60. The first kappa shape index (κ1) is 17.9. The van der Waals surface area contributed by atoms with Crippen molar-refractivity contribution in [1.29, 1.82) is 0 Å². The molecule has 2 aliphatic heterocycles. The number of benzene rings is 1. The molecule has 27 heavy (non-hydrogen) atoms. The van der Waals surface area contributed by atoms with Gasteiger partial charge in [-0.3, -0.25) is 10.1 Å². The molecule has 0 saturated carbocycles. The molecule has 2 atom stereocenters. The number of ether oxygens (including phenoxy) is 1. The zero-order valence-electron chi connectivity index (χ0n) is 16.1. The average molecular weight is 366 g/mol. The maximum Gasteiger partial charge on any atom is 0.242 e. The van der Waals surface area contributed by atoms with E-state index in [1.807, 2.05) is 56.1 Å². The fourth-order valence-electron chi connectivity index (χ4n) is 4.04. The van der Waals surface area contributed by atoms with Crippen LogP contribution in [0, 0.1) is 0 Å². The van der Waals surface area contributed by atoms with Crippen molar-refractivity contribution in [1.82, 2.24) is 20.2 Å². The largest absolute Gasteiger partial charge is 0.491 e. The Morgan fingerprint density at radius 3 is 2.67 bits per heavy atom. The van der Waals surface area contributed by atoms with Crippen LogP contribution in [-0.4, -0.2) is 46.0 Å². The third kappa shape index (κ3) is 3.41. The van der Waals surface area contributed by atoms with E-state index in [0.717, 1.165) is 48.6 Å². The van der Waals surface area contributed by atoms with Crippen molar-refractivity contribution >= 4 is 5.91 Å². The van der Waals surface area contributed by atoms with Gasteiger partial charge >= 0.3 is 0 Å². The van der Waals surface area contributed by atoms with Crippen LogP contribution in [0.3, 0.4) is 0 Å². The summed E-state index contributed by atoms with van der Waals surface area (Å²) in [6.45, 7) is 4.84. The molecule has 1 spiro atoms. The number of aromatic nitrogens is 2. The first-order chi connectivity index (χ1) is 13.0. The van der Waals surface area contributed by atoms with Gasteiger partial charge in [-0.1, -0.05) is 0 Å². The molecule has 142 valence electrons. The minimum Gasteiger partial charge on any atom is -0.491 e. The van der Waals surface area contributed by atoms with Crippen molar-refractivity contribution in [2.24, 2.45) is 0 Å². The van der Waals surface area contributed by atoms with E-state index in [2.05, 4.69) is 10.3 Å². The Labute approximate surface area is 160 Å². The molecule has 3 heterocycles. The quantitative estimate of drug-likeness (QED) is 0.901. The minimum atomic E-state index is -0.422. The number of nitrogens with zero attached hydrogens (tertiary/aromatic N) is 3. The van der Waals surface area contributed by atoms with Crippen LogP contribution in [0.4, 0.5) is 0 Å². The van der Waals surface area contributed by atoms with E-state index in [0.29, 0.717) is 0 Å². The Kier molecular flexibility index (Phi) is 4.60. The van der Waals surface area contributed by atoms with Gasteiger partial charge < -0.3 is 9.64 Å². The van der Waals surface area contributed by atoms with Gasteiger partial charge in [0, 0.05) is 25.4 Å². The van der Waals surface area contributed by atoms with Crippen molar-refractivity contribution in [3.05, 3.63) is 42.4 Å². The lowest BCUT2D eigenvalue weighted by molar-refractivity contribution is -0.131. The number of rotatable bonds is 4. The van der Waals surface area contributed by atoms with Gasteiger partial charge in [0.25, 0.3) is 0 Å². The van der Waals surface area contributed by atoms with Crippen LogP contribution in [-0.2, 0) is 4.79 Å². The summed E-state index contributed by atoms with van der Waals surface area (Å²) in [5.74, 6) is 1.81. The fraction of sp³-hybridized carbons (Fsp3) is 0.476. The molecular formula is C21H26N4O2. The van der Waals surface area contributed by atoms with E-state index >= 15 is 0 Å². The van der Waals surface area contributed by atoms with E-state index in [1.54, 1.807) is 6.20 Å². The van der Waals surface area contributed by atoms with Crippen molar-refractivity contribution in [3.8, 4) is 17.0 Å². The van der Waals surface area contributed by atoms with Gasteiger partial charge in [0.1, 0.15) is 17.1 Å². The van der Waals surface area contributed by atoms with Gasteiger partial charge in [-0.2, -0.15) is 0 Å². The number of amides is 1. The van der Waals surface area contributed by atoms with Crippen LogP contribution in [0.5, 0.6) is 5.75 Å². The number of hydrogen-bond acceptors (Lipinski definition) is 5. The van der Waals surface area contributed by atoms with E-state index in [9.17, 15) is 4.79 Å². The van der Waals surface area contributed by atoms with Gasteiger partial charge in [-0.15, -0.1) is 0 Å². The summed E-state index contributed by atoms with van der Waals surface area (Å²) in [6, 6.07) is 9.90. The van der Waals surface area contributed by atoms with E-state index < -0.39 is 5.54 Å². The van der Waals surface area contributed by atoms with Gasteiger partial charge in [0.05, 0.1) is 17.8 Å². The second-order valence-corrected chi connectivity index (χ2v) is 7.79. The van der Waals surface area contributed by atoms with Gasteiger partial charge in [0.15, 0.2) is 0 Å². The molecule has 1 N–H and O–H groups in total. The summed E-state index contributed by atoms with van der Waals surface area (Å²) in [7, 11) is 1.87. The molecule has 0 unspecified atom stereocenters. The van der Waals surface area contributed by atoms with E-state index in [-0.39, 0.29) is 18.1 Å². The Morgan fingerprint density at radius 1 is 1.22 bits per heavy atom. The lowest BCUT2D eigenvalue weighted by Crippen LogP contribution is -2.47. The lowest BCUT2D eigenvalue weighted by atomic mass is 9.96. The SMILES string of the molecule is CC(C)Oc1ccc(-c2ccnc([C@@H]3CC[C@@]4(CCN(C)C4=O)N3)n2)cc1. The first-order valence-electron chi connectivity index (χ1n) is 9.60. The second kappa shape index (κ2) is 6.93. The molecule has 4 rings (SSSR count). The standard InChI is InChI=1S/C21H26N4O2/c1-14(2)27-16-6-4-15(5-7-16)17-9-12-22-19(23-17)18-8-10-21(24-18)11-13-25(3)20(21)26/h4-7,9,12,14,18,24H,8,10-11,13H2,1-3H3/t18-,21-/m0/s1. The third-order valence-corrected chi connectivity index (χ3v) is 5.45. The molecule has 0 aliphatic carbocycles. The Balaban J connectivity index is 1.52. The van der Waals surface area contributed by atoms with Crippen molar-refractivity contribution in [2.45, 2.75) is 50.8 Å². The number of carbonyl (C=O) groups is 1. The minimum absolute atomic E-state index is 0.0175. The molecule has 2 aliphatic rings. The summed E-state index contributed by atoms with van der Waals surface area (Å²) < 4.78 is 5.70. The lowest BCUT2D eigenvalue weighted by Gasteiger charge is -2.23. The highest BCUT2D eigenvalue weighted by Crippen LogP contribution is 2.38. The van der Waals surface area contributed by atoms with Crippen molar-refractivity contribution in [2.75, 3.05) is 13.6 Å². The number of likely N-dealkylation sites (N-methyl/N-ethyl adjacent to an activating group) is 1. The van der Waals surface area contributed by atoms with Crippen LogP contribution in [0.15, 0.2) is 36.5 Å². The Bertz CT molecular complexity index is 836. The van der Waals surface area contributed by atoms with E-state index in [4.69, 9.17) is 9.72 Å². The molecule has 2 fully saturated rings. The highest BCUT2D eigenvalue weighted by atomic mass is 16.5. The molecule has 0 radical (unpaired) electrons. The molecule has 0 bridgehead atoms. The van der Waals surface area contributed by atoms with Gasteiger partial charge in [0.2, 0.25) is 5.91 Å². The summed E-state index contributed by atoms with van der Waals surface area (Å²) in [6.07, 6.45) is 4.53. The molecule has 1 aromatic heterocycles. The Hall–Kier alpha value is -2.47. The maximum atomic E-state index is 12.5. The van der Waals surface area contributed by atoms with Gasteiger partial charge in [-0.25, -0.2) is 9.97 Å². The summed E-state index contributed by atoms with van der Waals surface area (Å²) in [5, 5.41) is 3.54. The van der Waals surface area contributed by atoms with Crippen LogP contribution in [0.1, 0.15) is 45.0 Å². The number of carbonyl (C=O) groups excluding carboxylic acids is 1. The summed E-state index contributed by atoms with van der Waals surface area (Å²) in [5.41, 5.74) is 1.49. The summed E-state index contributed by atoms with van der Waals surface area (Å²) >= 11 is 0. The molecule has 1 amide bonds. The predicted octanol–water partition coefficient (Wildman–Crippen LogP) is 2.96. The van der Waals surface area contributed by atoms with E-state index in [1.165, 1.54) is 0 Å². The zero-order valence-corrected chi connectivity index (χ0v) is 16.1. The smallest absolute Gasteiger partial charge is 0.242 e. The zero-order chi connectivity index (χ0) is 19.0. The van der Waals surface area contributed by atoms with Gasteiger partial charge in [-0.05, 0) is 63.4 Å². The normalized spacial score (nSPS) is 25.0. The molecule has 6 nitrogen and oxygen atoms in total. The summed E-state index contributed by atoms with van der Waals surface area (Å²) in [4.78, 5) is 23.6. The molecule has 2 aromatic rings.